The van der Waals surface area contributed by atoms with Gasteiger partial charge in [-0.3, -0.25) is 14.4 Å². The van der Waals surface area contributed by atoms with Crippen LogP contribution in [0.3, 0.4) is 0 Å². The normalized spacial score (nSPS) is 47.2. The highest BCUT2D eigenvalue weighted by Gasteiger charge is 2.74. The second kappa shape index (κ2) is 7.51. The molecule has 7 heteroatoms. The lowest BCUT2D eigenvalue weighted by Gasteiger charge is -2.63. The number of hydrogen-bond acceptors (Lipinski definition) is 6. The van der Waals surface area contributed by atoms with Gasteiger partial charge < -0.3 is 14.9 Å². The minimum atomic E-state index is -1.72. The Morgan fingerprint density at radius 3 is 2.62 bits per heavy atom. The summed E-state index contributed by atoms with van der Waals surface area (Å²) >= 11 is 7.37. The fourth-order valence-corrected chi connectivity index (χ4v) is 8.02. The molecule has 4 rings (SSSR count). The first-order valence-corrected chi connectivity index (χ1v) is 12.0. The molecule has 32 heavy (non-hydrogen) atoms. The van der Waals surface area contributed by atoms with Gasteiger partial charge in [0.15, 0.2) is 12.4 Å². The van der Waals surface area contributed by atoms with Crippen molar-refractivity contribution in [3.05, 3.63) is 23.8 Å². The van der Waals surface area contributed by atoms with Crippen LogP contribution in [0, 0.1) is 28.6 Å². The molecule has 0 aromatic carbocycles. The molecule has 0 saturated heterocycles. The van der Waals surface area contributed by atoms with Gasteiger partial charge in [-0.25, -0.2) is 0 Å². The van der Waals surface area contributed by atoms with Gasteiger partial charge in [0, 0.05) is 17.3 Å². The van der Waals surface area contributed by atoms with Crippen molar-refractivity contribution in [2.24, 2.45) is 28.6 Å². The molecule has 2 N–H and O–H groups in total. The minimum Gasteiger partial charge on any atom is -0.458 e. The first-order chi connectivity index (χ1) is 14.9. The van der Waals surface area contributed by atoms with E-state index in [1.807, 2.05) is 26.8 Å². The quantitative estimate of drug-likeness (QED) is 0.489. The highest BCUT2D eigenvalue weighted by atomic mass is 35.5. The molecule has 176 valence electrons. The van der Waals surface area contributed by atoms with Gasteiger partial charge in [-0.1, -0.05) is 39.3 Å². The summed E-state index contributed by atoms with van der Waals surface area (Å²) in [5.74, 6) is -1.70. The zero-order chi connectivity index (χ0) is 23.7. The van der Waals surface area contributed by atoms with Gasteiger partial charge in [0.05, 0.1) is 11.0 Å². The molecule has 0 bridgehead atoms. The highest BCUT2D eigenvalue weighted by Crippen LogP contribution is 2.71. The Balaban J connectivity index is 1.73. The average molecular weight is 465 g/mol. The average Bonchev–Trinajstić information content (AvgIpc) is 2.94. The van der Waals surface area contributed by atoms with Crippen LogP contribution in [0.1, 0.15) is 59.8 Å². The van der Waals surface area contributed by atoms with E-state index in [2.05, 4.69) is 0 Å². The lowest BCUT2D eigenvalue weighted by Crippen LogP contribution is -2.69. The Bertz CT molecular complexity index is 925. The monoisotopic (exact) mass is 464 g/mol. The summed E-state index contributed by atoms with van der Waals surface area (Å²) in [6, 6.07) is 0. The van der Waals surface area contributed by atoms with Crippen LogP contribution in [0.5, 0.6) is 0 Å². The number of ketones is 2. The smallest absolute Gasteiger partial charge is 0.305 e. The molecule has 4 aliphatic rings. The van der Waals surface area contributed by atoms with Crippen LogP contribution in [-0.4, -0.2) is 50.9 Å². The van der Waals surface area contributed by atoms with E-state index in [9.17, 15) is 24.6 Å². The van der Waals surface area contributed by atoms with E-state index in [1.54, 1.807) is 13.0 Å². The van der Waals surface area contributed by atoms with Crippen molar-refractivity contribution in [2.75, 3.05) is 6.61 Å². The number of carbonyl (C=O) groups excluding carboxylic acids is 3. The Labute approximate surface area is 194 Å². The molecule has 0 aromatic heterocycles. The van der Waals surface area contributed by atoms with Gasteiger partial charge >= 0.3 is 5.97 Å². The first kappa shape index (κ1) is 23.7. The third kappa shape index (κ3) is 2.82. The van der Waals surface area contributed by atoms with Crippen LogP contribution in [-0.2, 0) is 19.1 Å². The number of alkyl halides is 1. The summed E-state index contributed by atoms with van der Waals surface area (Å²) in [6.45, 7) is 6.87. The number of carbonyl (C=O) groups is 3. The fourth-order valence-electron chi connectivity index (χ4n) is 7.50. The summed E-state index contributed by atoms with van der Waals surface area (Å²) in [7, 11) is 0. The Kier molecular flexibility index (Phi) is 5.55. The van der Waals surface area contributed by atoms with E-state index in [0.29, 0.717) is 19.3 Å². The van der Waals surface area contributed by atoms with Gasteiger partial charge in [-0.05, 0) is 55.6 Å². The van der Waals surface area contributed by atoms with Gasteiger partial charge in [0.1, 0.15) is 5.60 Å². The number of fused-ring (bicyclic) bond motifs is 5. The molecule has 0 radical (unpaired) electrons. The molecule has 4 aliphatic carbocycles. The van der Waals surface area contributed by atoms with Crippen molar-refractivity contribution >= 4 is 29.1 Å². The number of aliphatic hydroxyl groups is 2. The number of halogens is 1. The maximum atomic E-state index is 13.2. The molecule has 0 heterocycles. The summed E-state index contributed by atoms with van der Waals surface area (Å²) in [6.07, 6.45) is 6.24. The van der Waals surface area contributed by atoms with Crippen LogP contribution in [0.15, 0.2) is 23.8 Å². The maximum absolute atomic E-state index is 13.2. The zero-order valence-electron chi connectivity index (χ0n) is 19.2. The van der Waals surface area contributed by atoms with E-state index >= 15 is 0 Å². The molecular formula is C25H33ClO6. The Morgan fingerprint density at radius 2 is 1.97 bits per heavy atom. The lowest BCUT2D eigenvalue weighted by atomic mass is 9.45. The minimum absolute atomic E-state index is 0.0672. The van der Waals surface area contributed by atoms with Crippen molar-refractivity contribution < 1.29 is 29.3 Å². The molecule has 3 fully saturated rings. The van der Waals surface area contributed by atoms with Crippen LogP contribution in [0.2, 0.25) is 0 Å². The molecule has 0 amide bonds. The van der Waals surface area contributed by atoms with Crippen molar-refractivity contribution in [1.82, 2.24) is 0 Å². The highest BCUT2D eigenvalue weighted by molar-refractivity contribution is 6.26. The SMILES string of the molecule is CCC(=O)OCC(=O)[C@@]1(O)C(C)CC2C3CCC4=CC(=O)C=C[C@]4(C)[C@@]3(Cl)C(O)C[C@@]21C. The zero-order valence-corrected chi connectivity index (χ0v) is 19.9. The molecule has 0 aliphatic heterocycles. The van der Waals surface area contributed by atoms with E-state index in [-0.39, 0.29) is 36.4 Å². The topological polar surface area (TPSA) is 101 Å². The summed E-state index contributed by atoms with van der Waals surface area (Å²) in [5.41, 5.74) is -2.38. The largest absolute Gasteiger partial charge is 0.458 e. The second-order valence-corrected chi connectivity index (χ2v) is 11.2. The van der Waals surface area contributed by atoms with Crippen molar-refractivity contribution in [3.8, 4) is 0 Å². The summed E-state index contributed by atoms with van der Waals surface area (Å²) in [5, 5.41) is 23.3. The number of aliphatic hydroxyl groups excluding tert-OH is 1. The number of rotatable bonds is 4. The van der Waals surface area contributed by atoms with Crippen LogP contribution >= 0.6 is 11.6 Å². The molecule has 3 saturated carbocycles. The van der Waals surface area contributed by atoms with Crippen molar-refractivity contribution in [3.63, 3.8) is 0 Å². The van der Waals surface area contributed by atoms with E-state index in [4.69, 9.17) is 16.3 Å². The van der Waals surface area contributed by atoms with E-state index in [1.165, 1.54) is 6.08 Å². The van der Waals surface area contributed by atoms with Gasteiger partial charge in [-0.15, -0.1) is 11.6 Å². The molecule has 6 nitrogen and oxygen atoms in total. The predicted molar refractivity (Wildman–Crippen MR) is 119 cm³/mol. The standard InChI is InChI=1S/C25H33ClO6/c1-5-21(30)32-13-20(29)25(31)14(2)10-18-17-7-6-15-11-16(27)8-9-22(15,3)24(17,26)19(28)12-23(18,25)4/h8-9,11,14,17-19,28,31H,5-7,10,12-13H2,1-4H3/t14?,17?,18?,19?,22-,23-,24-,25-/m0/s1. The Morgan fingerprint density at radius 1 is 1.28 bits per heavy atom. The van der Waals surface area contributed by atoms with Gasteiger partial charge in [0.2, 0.25) is 5.78 Å². The molecular weight excluding hydrogens is 432 g/mol. The third-order valence-electron chi connectivity index (χ3n) is 9.30. The number of allylic oxidation sites excluding steroid dienone is 4. The maximum Gasteiger partial charge on any atom is 0.305 e. The number of hydrogen-bond donors (Lipinski definition) is 2. The second-order valence-electron chi connectivity index (χ2n) is 10.6. The lowest BCUT2D eigenvalue weighted by molar-refractivity contribution is -0.182. The first-order valence-electron chi connectivity index (χ1n) is 11.6. The molecule has 0 aromatic rings. The van der Waals surface area contributed by atoms with Crippen molar-refractivity contribution in [2.45, 2.75) is 76.4 Å². The fraction of sp³-hybridized carbons (Fsp3) is 0.720. The van der Waals surface area contributed by atoms with Crippen molar-refractivity contribution in [1.29, 1.82) is 0 Å². The molecule has 4 unspecified atom stereocenters. The number of ether oxygens (including phenoxy) is 1. The van der Waals surface area contributed by atoms with Gasteiger partial charge in [0.25, 0.3) is 0 Å². The number of esters is 1. The predicted octanol–water partition coefficient (Wildman–Crippen LogP) is 3.13. The van der Waals surface area contributed by atoms with Gasteiger partial charge in [-0.2, -0.15) is 0 Å². The van der Waals surface area contributed by atoms with Crippen LogP contribution in [0.25, 0.3) is 0 Å². The molecule has 0 spiro atoms. The van der Waals surface area contributed by atoms with Crippen LogP contribution in [0.4, 0.5) is 0 Å². The van der Waals surface area contributed by atoms with E-state index in [0.717, 1.165) is 5.57 Å². The Hall–Kier alpha value is -1.50. The van der Waals surface area contributed by atoms with Crippen LogP contribution < -0.4 is 0 Å². The molecule has 8 atom stereocenters. The summed E-state index contributed by atoms with van der Waals surface area (Å²) in [4.78, 5) is 35.8. The number of Topliss-reactive ketones (excluding diaryl/α,β-unsaturated/α-hetero) is 1. The van der Waals surface area contributed by atoms with E-state index < -0.39 is 45.8 Å². The third-order valence-corrected chi connectivity index (χ3v) is 10.2. The summed E-state index contributed by atoms with van der Waals surface area (Å²) < 4.78 is 5.07.